The Morgan fingerprint density at radius 3 is 1.96 bits per heavy atom. The molecule has 0 heterocycles. The lowest BCUT2D eigenvalue weighted by Crippen LogP contribution is -2.45. The molecule has 0 aliphatic heterocycles. The van der Waals surface area contributed by atoms with Crippen LogP contribution < -0.4 is 0 Å². The van der Waals surface area contributed by atoms with Crippen LogP contribution >= 0.6 is 0 Å². The monoisotopic (exact) mass is 368 g/mol. The highest BCUT2D eigenvalue weighted by molar-refractivity contribution is 5.22. The van der Waals surface area contributed by atoms with E-state index in [1.807, 2.05) is 26.8 Å². The Labute approximate surface area is 159 Å². The zero-order valence-electron chi connectivity index (χ0n) is 17.1. The van der Waals surface area contributed by atoms with E-state index >= 15 is 0 Å². The first-order valence-corrected chi connectivity index (χ1v) is 10.3. The standard InChI is InChI=1S/C22H37FO3/c1-5-9-10-11-12-13-17-21(19-15-14-16-20(23)18-19)22(24-6-2,25-7-3)26-8-4/h14-16,18,21H,5-13,17H2,1-4H3. The van der Waals surface area contributed by atoms with Gasteiger partial charge in [-0.3, -0.25) is 0 Å². The molecule has 1 aromatic rings. The molecule has 0 amide bonds. The van der Waals surface area contributed by atoms with E-state index in [1.54, 1.807) is 12.1 Å². The van der Waals surface area contributed by atoms with Crippen LogP contribution in [-0.2, 0) is 14.2 Å². The van der Waals surface area contributed by atoms with Crippen LogP contribution in [0.4, 0.5) is 4.39 Å². The third-order valence-electron chi connectivity index (χ3n) is 4.56. The summed E-state index contributed by atoms with van der Waals surface area (Å²) in [6.45, 7) is 9.44. The van der Waals surface area contributed by atoms with Gasteiger partial charge in [0.15, 0.2) is 0 Å². The predicted octanol–water partition coefficient (Wildman–Crippen LogP) is 6.42. The van der Waals surface area contributed by atoms with E-state index in [9.17, 15) is 4.39 Å². The molecule has 1 rings (SSSR count). The molecule has 0 saturated heterocycles. The van der Waals surface area contributed by atoms with Gasteiger partial charge in [-0.1, -0.05) is 57.6 Å². The number of hydrogen-bond acceptors (Lipinski definition) is 3. The molecule has 0 bridgehead atoms. The molecule has 0 N–H and O–H groups in total. The Kier molecular flexibility index (Phi) is 11.7. The lowest BCUT2D eigenvalue weighted by atomic mass is 9.90. The number of hydrogen-bond donors (Lipinski definition) is 0. The number of ether oxygens (including phenoxy) is 3. The van der Waals surface area contributed by atoms with Crippen molar-refractivity contribution in [2.45, 2.75) is 84.5 Å². The highest BCUT2D eigenvalue weighted by atomic mass is 19.1. The lowest BCUT2D eigenvalue weighted by molar-refractivity contribution is -0.389. The Balaban J connectivity index is 2.99. The number of benzene rings is 1. The van der Waals surface area contributed by atoms with Crippen LogP contribution in [0.3, 0.4) is 0 Å². The van der Waals surface area contributed by atoms with E-state index in [-0.39, 0.29) is 11.7 Å². The zero-order valence-corrected chi connectivity index (χ0v) is 17.1. The fourth-order valence-corrected chi connectivity index (χ4v) is 3.43. The first-order chi connectivity index (χ1) is 12.6. The summed E-state index contributed by atoms with van der Waals surface area (Å²) < 4.78 is 31.9. The summed E-state index contributed by atoms with van der Waals surface area (Å²) >= 11 is 0. The van der Waals surface area contributed by atoms with Crippen LogP contribution in [0.25, 0.3) is 0 Å². The van der Waals surface area contributed by atoms with Crippen LogP contribution in [0.5, 0.6) is 0 Å². The van der Waals surface area contributed by atoms with E-state index in [0.29, 0.717) is 19.8 Å². The van der Waals surface area contributed by atoms with Crippen LogP contribution in [0, 0.1) is 5.82 Å². The summed E-state index contributed by atoms with van der Waals surface area (Å²) in [6, 6.07) is 6.73. The van der Waals surface area contributed by atoms with Crippen molar-refractivity contribution in [2.75, 3.05) is 19.8 Å². The van der Waals surface area contributed by atoms with Gasteiger partial charge in [-0.25, -0.2) is 4.39 Å². The predicted molar refractivity (Wildman–Crippen MR) is 105 cm³/mol. The summed E-state index contributed by atoms with van der Waals surface area (Å²) in [4.78, 5) is 0. The molecular weight excluding hydrogens is 331 g/mol. The van der Waals surface area contributed by atoms with E-state index < -0.39 is 5.97 Å². The number of unbranched alkanes of at least 4 members (excludes halogenated alkanes) is 5. The van der Waals surface area contributed by atoms with Crippen LogP contribution in [-0.4, -0.2) is 25.8 Å². The van der Waals surface area contributed by atoms with Crippen molar-refractivity contribution in [3.05, 3.63) is 35.6 Å². The molecule has 0 spiro atoms. The maximum absolute atomic E-state index is 13.9. The first kappa shape index (κ1) is 23.1. The molecule has 26 heavy (non-hydrogen) atoms. The molecule has 0 aliphatic rings. The minimum atomic E-state index is -1.16. The van der Waals surface area contributed by atoms with Crippen LogP contribution in [0.1, 0.15) is 84.1 Å². The molecule has 4 heteroatoms. The highest BCUT2D eigenvalue weighted by Gasteiger charge is 2.42. The summed E-state index contributed by atoms with van der Waals surface area (Å²) in [7, 11) is 0. The molecule has 0 fully saturated rings. The number of rotatable bonds is 15. The molecule has 1 atom stereocenters. The van der Waals surface area contributed by atoms with Gasteiger partial charge in [-0.05, 0) is 44.9 Å². The normalized spacial score (nSPS) is 13.1. The second-order valence-corrected chi connectivity index (χ2v) is 6.57. The van der Waals surface area contributed by atoms with Crippen molar-refractivity contribution in [3.8, 4) is 0 Å². The quantitative estimate of drug-likeness (QED) is 0.264. The second kappa shape index (κ2) is 13.2. The van der Waals surface area contributed by atoms with E-state index in [1.165, 1.54) is 31.7 Å². The average molecular weight is 369 g/mol. The van der Waals surface area contributed by atoms with Gasteiger partial charge in [-0.15, -0.1) is 0 Å². The molecule has 0 radical (unpaired) electrons. The first-order valence-electron chi connectivity index (χ1n) is 10.3. The molecular formula is C22H37FO3. The minimum absolute atomic E-state index is 0.163. The fourth-order valence-electron chi connectivity index (χ4n) is 3.43. The van der Waals surface area contributed by atoms with Gasteiger partial charge >= 0.3 is 0 Å². The average Bonchev–Trinajstić information content (AvgIpc) is 2.61. The van der Waals surface area contributed by atoms with E-state index in [2.05, 4.69) is 6.92 Å². The molecule has 3 nitrogen and oxygen atoms in total. The molecule has 0 saturated carbocycles. The second-order valence-electron chi connectivity index (χ2n) is 6.57. The van der Waals surface area contributed by atoms with Crippen molar-refractivity contribution in [3.63, 3.8) is 0 Å². The van der Waals surface area contributed by atoms with Gasteiger partial charge in [0.1, 0.15) is 5.82 Å². The van der Waals surface area contributed by atoms with E-state index in [0.717, 1.165) is 24.8 Å². The smallest absolute Gasteiger partial charge is 0.290 e. The Hall–Kier alpha value is -0.970. The third-order valence-corrected chi connectivity index (χ3v) is 4.56. The summed E-state index contributed by atoms with van der Waals surface area (Å²) in [5, 5.41) is 0. The summed E-state index contributed by atoms with van der Waals surface area (Å²) in [6.07, 6.45) is 8.08. The zero-order chi connectivity index (χ0) is 19.3. The molecule has 1 unspecified atom stereocenters. The fraction of sp³-hybridized carbons (Fsp3) is 0.727. The Morgan fingerprint density at radius 1 is 0.846 bits per heavy atom. The summed E-state index contributed by atoms with van der Waals surface area (Å²) in [5.41, 5.74) is 0.869. The van der Waals surface area contributed by atoms with Gasteiger partial charge in [0, 0.05) is 19.8 Å². The Morgan fingerprint density at radius 2 is 1.42 bits per heavy atom. The molecule has 0 aliphatic carbocycles. The topological polar surface area (TPSA) is 27.7 Å². The molecule has 1 aromatic carbocycles. The third kappa shape index (κ3) is 7.34. The highest BCUT2D eigenvalue weighted by Crippen LogP contribution is 2.38. The van der Waals surface area contributed by atoms with Crippen molar-refractivity contribution in [1.82, 2.24) is 0 Å². The van der Waals surface area contributed by atoms with Gasteiger partial charge in [0.05, 0.1) is 5.92 Å². The largest absolute Gasteiger partial charge is 0.327 e. The van der Waals surface area contributed by atoms with Crippen LogP contribution in [0.2, 0.25) is 0 Å². The van der Waals surface area contributed by atoms with Crippen molar-refractivity contribution < 1.29 is 18.6 Å². The van der Waals surface area contributed by atoms with Crippen molar-refractivity contribution in [2.24, 2.45) is 0 Å². The van der Waals surface area contributed by atoms with Crippen molar-refractivity contribution in [1.29, 1.82) is 0 Å². The Bertz CT molecular complexity index is 461. The lowest BCUT2D eigenvalue weighted by Gasteiger charge is -2.39. The maximum Gasteiger partial charge on any atom is 0.290 e. The van der Waals surface area contributed by atoms with Crippen LogP contribution in [0.15, 0.2) is 24.3 Å². The SMILES string of the molecule is CCCCCCCCC(c1cccc(F)c1)C(OCC)(OCC)OCC. The minimum Gasteiger partial charge on any atom is -0.327 e. The maximum atomic E-state index is 13.9. The molecule has 150 valence electrons. The van der Waals surface area contributed by atoms with E-state index in [4.69, 9.17) is 14.2 Å². The van der Waals surface area contributed by atoms with Gasteiger partial charge < -0.3 is 14.2 Å². The number of halogens is 1. The molecule has 0 aromatic heterocycles. The van der Waals surface area contributed by atoms with Gasteiger partial charge in [0.25, 0.3) is 5.97 Å². The van der Waals surface area contributed by atoms with Gasteiger partial charge in [-0.2, -0.15) is 0 Å². The summed E-state index contributed by atoms with van der Waals surface area (Å²) in [5.74, 6) is -1.56. The van der Waals surface area contributed by atoms with Gasteiger partial charge in [0.2, 0.25) is 0 Å². The van der Waals surface area contributed by atoms with Crippen molar-refractivity contribution >= 4 is 0 Å².